The third-order valence-corrected chi connectivity index (χ3v) is 3.63. The number of urea groups is 1. The molecule has 1 N–H and O–H groups in total. The van der Waals surface area contributed by atoms with Gasteiger partial charge in [0.2, 0.25) is 5.91 Å². The van der Waals surface area contributed by atoms with Crippen molar-refractivity contribution in [3.05, 3.63) is 0 Å². The van der Waals surface area contributed by atoms with Crippen LogP contribution in [0.15, 0.2) is 0 Å². The molecule has 2 fully saturated rings. The molecule has 1 aliphatic carbocycles. The SMILES string of the molecule is CC1CN(C2CCCC2C)C(=O)NC1=O. The summed E-state index contributed by atoms with van der Waals surface area (Å²) in [6.45, 7) is 4.64. The van der Waals surface area contributed by atoms with Gasteiger partial charge in [0.15, 0.2) is 0 Å². The first-order chi connectivity index (χ1) is 7.09. The molecular formula is C11H18N2O2. The molecule has 4 heteroatoms. The average Bonchev–Trinajstić information content (AvgIpc) is 2.58. The minimum atomic E-state index is -0.197. The van der Waals surface area contributed by atoms with Gasteiger partial charge >= 0.3 is 6.03 Å². The van der Waals surface area contributed by atoms with Crippen molar-refractivity contribution >= 4 is 11.9 Å². The number of amides is 3. The summed E-state index contributed by atoms with van der Waals surface area (Å²) < 4.78 is 0. The van der Waals surface area contributed by atoms with E-state index in [1.807, 2.05) is 11.8 Å². The highest BCUT2D eigenvalue weighted by molar-refractivity contribution is 5.97. The number of nitrogens with zero attached hydrogens (tertiary/aromatic N) is 1. The Morgan fingerprint density at radius 1 is 1.27 bits per heavy atom. The molecule has 1 saturated heterocycles. The van der Waals surface area contributed by atoms with Crippen molar-refractivity contribution < 1.29 is 9.59 Å². The highest BCUT2D eigenvalue weighted by atomic mass is 16.2. The minimum Gasteiger partial charge on any atom is -0.320 e. The molecular weight excluding hydrogens is 192 g/mol. The van der Waals surface area contributed by atoms with Crippen molar-refractivity contribution in [2.75, 3.05) is 6.54 Å². The Morgan fingerprint density at radius 3 is 2.60 bits per heavy atom. The third-order valence-electron chi connectivity index (χ3n) is 3.63. The standard InChI is InChI=1S/C11H18N2O2/c1-7-4-3-5-9(7)13-6-8(2)10(14)12-11(13)15/h7-9H,3-6H2,1-2H3,(H,12,14,15). The van der Waals surface area contributed by atoms with E-state index in [4.69, 9.17) is 0 Å². The lowest BCUT2D eigenvalue weighted by atomic mass is 10.0. The summed E-state index contributed by atoms with van der Waals surface area (Å²) in [6.07, 6.45) is 3.46. The predicted molar refractivity (Wildman–Crippen MR) is 56.2 cm³/mol. The number of rotatable bonds is 1. The molecule has 2 rings (SSSR count). The number of carbonyl (C=O) groups is 2. The van der Waals surface area contributed by atoms with Gasteiger partial charge in [0.25, 0.3) is 0 Å². The molecule has 4 nitrogen and oxygen atoms in total. The van der Waals surface area contributed by atoms with Crippen molar-refractivity contribution in [3.8, 4) is 0 Å². The highest BCUT2D eigenvalue weighted by Crippen LogP contribution is 2.30. The third kappa shape index (κ3) is 1.85. The van der Waals surface area contributed by atoms with Crippen LogP contribution in [0.25, 0.3) is 0 Å². The molecule has 0 bridgehead atoms. The van der Waals surface area contributed by atoms with Crippen molar-refractivity contribution in [3.63, 3.8) is 0 Å². The molecule has 0 aromatic heterocycles. The molecule has 1 heterocycles. The summed E-state index contributed by atoms with van der Waals surface area (Å²) in [6, 6.07) is 0.136. The molecule has 3 amide bonds. The maximum absolute atomic E-state index is 11.7. The summed E-state index contributed by atoms with van der Waals surface area (Å²) in [5.74, 6) is 0.355. The predicted octanol–water partition coefficient (Wildman–Crippen LogP) is 1.36. The number of carbonyl (C=O) groups excluding carboxylic acids is 2. The normalized spacial score (nSPS) is 36.9. The van der Waals surface area contributed by atoms with E-state index in [0.717, 1.165) is 6.42 Å². The fourth-order valence-corrected chi connectivity index (χ4v) is 2.64. The largest absolute Gasteiger partial charge is 0.324 e. The fraction of sp³-hybridized carbons (Fsp3) is 0.818. The van der Waals surface area contributed by atoms with Crippen molar-refractivity contribution in [2.24, 2.45) is 11.8 Å². The Hall–Kier alpha value is -1.06. The van der Waals surface area contributed by atoms with Gasteiger partial charge in [0.05, 0.1) is 5.92 Å². The lowest BCUT2D eigenvalue weighted by Crippen LogP contribution is -2.57. The van der Waals surface area contributed by atoms with Crippen molar-refractivity contribution in [2.45, 2.75) is 39.2 Å². The molecule has 3 unspecified atom stereocenters. The molecule has 0 radical (unpaired) electrons. The topological polar surface area (TPSA) is 49.4 Å². The van der Waals surface area contributed by atoms with Crippen LogP contribution < -0.4 is 5.32 Å². The zero-order valence-corrected chi connectivity index (χ0v) is 9.32. The smallest absolute Gasteiger partial charge is 0.320 e. The van der Waals surface area contributed by atoms with Gasteiger partial charge in [-0.15, -0.1) is 0 Å². The van der Waals surface area contributed by atoms with Gasteiger partial charge in [-0.2, -0.15) is 0 Å². The lowest BCUT2D eigenvalue weighted by molar-refractivity contribution is -0.125. The van der Waals surface area contributed by atoms with Gasteiger partial charge in [-0.05, 0) is 18.8 Å². The van der Waals surface area contributed by atoms with E-state index in [0.29, 0.717) is 18.5 Å². The summed E-state index contributed by atoms with van der Waals surface area (Å²) >= 11 is 0. The average molecular weight is 210 g/mol. The van der Waals surface area contributed by atoms with Crippen LogP contribution in [0.2, 0.25) is 0 Å². The van der Waals surface area contributed by atoms with Gasteiger partial charge in [-0.3, -0.25) is 10.1 Å². The van der Waals surface area contributed by atoms with E-state index < -0.39 is 0 Å². The Morgan fingerprint density at radius 2 is 2.00 bits per heavy atom. The molecule has 84 valence electrons. The summed E-state index contributed by atoms with van der Waals surface area (Å²) in [5, 5.41) is 2.42. The number of hydrogen-bond acceptors (Lipinski definition) is 2. The first-order valence-electron chi connectivity index (χ1n) is 5.71. The lowest BCUT2D eigenvalue weighted by Gasteiger charge is -2.36. The number of hydrogen-bond donors (Lipinski definition) is 1. The summed E-state index contributed by atoms with van der Waals surface area (Å²) in [5.41, 5.74) is 0. The second-order valence-electron chi connectivity index (χ2n) is 4.82. The van der Waals surface area contributed by atoms with E-state index in [9.17, 15) is 9.59 Å². The molecule has 1 aliphatic heterocycles. The van der Waals surface area contributed by atoms with Gasteiger partial charge in [-0.25, -0.2) is 4.79 Å². The van der Waals surface area contributed by atoms with E-state index in [2.05, 4.69) is 12.2 Å². The van der Waals surface area contributed by atoms with Crippen LogP contribution >= 0.6 is 0 Å². The van der Waals surface area contributed by atoms with Crippen LogP contribution in [0.3, 0.4) is 0 Å². The van der Waals surface area contributed by atoms with Gasteiger partial charge in [0.1, 0.15) is 0 Å². The zero-order valence-electron chi connectivity index (χ0n) is 9.32. The number of imide groups is 1. The monoisotopic (exact) mass is 210 g/mol. The van der Waals surface area contributed by atoms with Crippen LogP contribution in [0.4, 0.5) is 4.79 Å². The van der Waals surface area contributed by atoms with Crippen molar-refractivity contribution in [1.29, 1.82) is 0 Å². The second-order valence-corrected chi connectivity index (χ2v) is 4.82. The quantitative estimate of drug-likeness (QED) is 0.710. The first kappa shape index (κ1) is 10.5. The second kappa shape index (κ2) is 3.83. The van der Waals surface area contributed by atoms with Gasteiger partial charge in [-0.1, -0.05) is 20.3 Å². The van der Waals surface area contributed by atoms with Gasteiger partial charge < -0.3 is 4.90 Å². The maximum Gasteiger partial charge on any atom is 0.324 e. The van der Waals surface area contributed by atoms with Crippen LogP contribution in [0.5, 0.6) is 0 Å². The molecule has 1 saturated carbocycles. The molecule has 2 aliphatic rings. The Balaban J connectivity index is 2.08. The van der Waals surface area contributed by atoms with Crippen LogP contribution in [-0.4, -0.2) is 29.4 Å². The fourth-order valence-electron chi connectivity index (χ4n) is 2.64. The van der Waals surface area contributed by atoms with Crippen molar-refractivity contribution in [1.82, 2.24) is 10.2 Å². The van der Waals surface area contributed by atoms with Gasteiger partial charge in [0, 0.05) is 12.6 Å². The Kier molecular flexibility index (Phi) is 2.67. The maximum atomic E-state index is 11.7. The minimum absolute atomic E-state index is 0.0736. The zero-order chi connectivity index (χ0) is 11.0. The Bertz CT molecular complexity index is 290. The first-order valence-corrected chi connectivity index (χ1v) is 5.71. The highest BCUT2D eigenvalue weighted by Gasteiger charge is 2.37. The molecule has 0 spiro atoms. The molecule has 0 aromatic rings. The molecule has 3 atom stereocenters. The molecule has 15 heavy (non-hydrogen) atoms. The van der Waals surface area contributed by atoms with E-state index >= 15 is 0 Å². The Labute approximate surface area is 90.0 Å². The molecule has 0 aromatic carbocycles. The summed E-state index contributed by atoms with van der Waals surface area (Å²) in [7, 11) is 0. The summed E-state index contributed by atoms with van der Waals surface area (Å²) in [4.78, 5) is 24.8. The van der Waals surface area contributed by atoms with E-state index in [1.165, 1.54) is 12.8 Å². The van der Waals surface area contributed by atoms with E-state index in [-0.39, 0.29) is 17.9 Å². The number of nitrogens with one attached hydrogen (secondary N) is 1. The van der Waals surface area contributed by atoms with Crippen LogP contribution in [0, 0.1) is 11.8 Å². The van der Waals surface area contributed by atoms with Crippen LogP contribution in [0.1, 0.15) is 33.1 Å². The van der Waals surface area contributed by atoms with Crippen LogP contribution in [-0.2, 0) is 4.79 Å². The van der Waals surface area contributed by atoms with E-state index in [1.54, 1.807) is 0 Å².